The van der Waals surface area contributed by atoms with Crippen molar-refractivity contribution in [2.45, 2.75) is 31.6 Å². The number of nitrogens with zero attached hydrogens (tertiary/aromatic N) is 3. The summed E-state index contributed by atoms with van der Waals surface area (Å²) in [6.07, 6.45) is 1.46. The standard InChI is InChI=1S/C24H31N3O3S/c1-19-10-11-20(2)23(17-19)31(29,30)27-12-6-7-21(18-27)24(28)26-15-13-25(14-16-26)22-8-4-3-5-9-22/h3-5,8-11,17,21H,6-7,12-16,18H2,1-2H3/t21-/m0/s1. The Morgan fingerprint density at radius 2 is 1.65 bits per heavy atom. The van der Waals surface area contributed by atoms with E-state index in [0.717, 1.165) is 30.6 Å². The second-order valence-electron chi connectivity index (χ2n) is 8.62. The molecule has 166 valence electrons. The molecule has 2 heterocycles. The highest BCUT2D eigenvalue weighted by Crippen LogP contribution is 2.28. The van der Waals surface area contributed by atoms with E-state index in [0.29, 0.717) is 31.0 Å². The Labute approximate surface area is 185 Å². The Hall–Kier alpha value is -2.38. The molecule has 31 heavy (non-hydrogen) atoms. The molecule has 2 aromatic carbocycles. The van der Waals surface area contributed by atoms with Crippen molar-refractivity contribution >= 4 is 21.6 Å². The predicted molar refractivity (Wildman–Crippen MR) is 123 cm³/mol. The molecule has 0 spiro atoms. The molecule has 2 aliphatic rings. The largest absolute Gasteiger partial charge is 0.368 e. The zero-order valence-corrected chi connectivity index (χ0v) is 19.1. The first-order valence-corrected chi connectivity index (χ1v) is 12.5. The van der Waals surface area contributed by atoms with E-state index in [9.17, 15) is 13.2 Å². The highest BCUT2D eigenvalue weighted by Gasteiger charge is 2.36. The van der Waals surface area contributed by atoms with E-state index in [1.165, 1.54) is 9.99 Å². The third kappa shape index (κ3) is 4.62. The van der Waals surface area contributed by atoms with Crippen molar-refractivity contribution in [2.75, 3.05) is 44.2 Å². The lowest BCUT2D eigenvalue weighted by Crippen LogP contribution is -2.53. The Bertz CT molecular complexity index is 1030. The quantitative estimate of drug-likeness (QED) is 0.732. The number of aryl methyl sites for hydroxylation is 2. The fraction of sp³-hybridized carbons (Fsp3) is 0.458. The third-order valence-electron chi connectivity index (χ3n) is 6.41. The van der Waals surface area contributed by atoms with Crippen molar-refractivity contribution in [1.82, 2.24) is 9.21 Å². The van der Waals surface area contributed by atoms with Crippen molar-refractivity contribution in [3.05, 3.63) is 59.7 Å². The fourth-order valence-electron chi connectivity index (χ4n) is 4.57. The van der Waals surface area contributed by atoms with Crippen LogP contribution in [0.4, 0.5) is 5.69 Å². The van der Waals surface area contributed by atoms with Gasteiger partial charge in [0.05, 0.1) is 10.8 Å². The van der Waals surface area contributed by atoms with Gasteiger partial charge in [0.2, 0.25) is 15.9 Å². The Morgan fingerprint density at radius 1 is 0.935 bits per heavy atom. The predicted octanol–water partition coefficient (Wildman–Crippen LogP) is 3.05. The van der Waals surface area contributed by atoms with Gasteiger partial charge in [-0.15, -0.1) is 0 Å². The first-order chi connectivity index (χ1) is 14.9. The van der Waals surface area contributed by atoms with Gasteiger partial charge in [-0.2, -0.15) is 4.31 Å². The summed E-state index contributed by atoms with van der Waals surface area (Å²) >= 11 is 0. The van der Waals surface area contributed by atoms with E-state index in [1.54, 1.807) is 6.07 Å². The topological polar surface area (TPSA) is 60.9 Å². The van der Waals surface area contributed by atoms with Crippen LogP contribution in [-0.4, -0.2) is 62.8 Å². The summed E-state index contributed by atoms with van der Waals surface area (Å²) in [7, 11) is -3.60. The molecule has 0 bridgehead atoms. The molecule has 2 fully saturated rings. The molecule has 0 saturated carbocycles. The molecule has 2 aliphatic heterocycles. The third-order valence-corrected chi connectivity index (χ3v) is 8.41. The van der Waals surface area contributed by atoms with E-state index >= 15 is 0 Å². The number of hydrogen-bond acceptors (Lipinski definition) is 4. The summed E-state index contributed by atoms with van der Waals surface area (Å²) in [6, 6.07) is 15.7. The van der Waals surface area contributed by atoms with Crippen LogP contribution in [0.5, 0.6) is 0 Å². The Kier molecular flexibility index (Phi) is 6.34. The molecule has 2 aromatic rings. The van der Waals surface area contributed by atoms with Gasteiger partial charge in [0.1, 0.15) is 0 Å². The molecule has 6 nitrogen and oxygen atoms in total. The first kappa shape index (κ1) is 21.8. The van der Waals surface area contributed by atoms with Crippen molar-refractivity contribution in [1.29, 1.82) is 0 Å². The second kappa shape index (κ2) is 9.01. The SMILES string of the molecule is Cc1ccc(C)c(S(=O)(=O)N2CCC[C@H](C(=O)N3CCN(c4ccccc4)CC3)C2)c1. The normalized spacial score (nSPS) is 20.6. The van der Waals surface area contributed by atoms with Gasteiger partial charge in [-0.3, -0.25) is 4.79 Å². The lowest BCUT2D eigenvalue weighted by molar-refractivity contribution is -0.137. The van der Waals surface area contributed by atoms with Gasteiger partial charge in [0, 0.05) is 45.0 Å². The molecule has 1 atom stereocenters. The van der Waals surface area contributed by atoms with Gasteiger partial charge in [-0.1, -0.05) is 30.3 Å². The average Bonchev–Trinajstić information content (AvgIpc) is 2.81. The van der Waals surface area contributed by atoms with Gasteiger partial charge in [0.25, 0.3) is 0 Å². The molecular weight excluding hydrogens is 410 g/mol. The minimum absolute atomic E-state index is 0.0913. The number of carbonyl (C=O) groups excluding carboxylic acids is 1. The molecule has 1 amide bonds. The van der Waals surface area contributed by atoms with Gasteiger partial charge < -0.3 is 9.80 Å². The van der Waals surface area contributed by atoms with Gasteiger partial charge >= 0.3 is 0 Å². The maximum atomic E-state index is 13.3. The van der Waals surface area contributed by atoms with E-state index in [2.05, 4.69) is 17.0 Å². The van der Waals surface area contributed by atoms with E-state index in [4.69, 9.17) is 0 Å². The van der Waals surface area contributed by atoms with E-state index < -0.39 is 10.0 Å². The molecule has 0 unspecified atom stereocenters. The molecule has 0 aliphatic carbocycles. The molecule has 0 N–H and O–H groups in total. The lowest BCUT2D eigenvalue weighted by Gasteiger charge is -2.39. The highest BCUT2D eigenvalue weighted by atomic mass is 32.2. The number of piperidine rings is 1. The minimum atomic E-state index is -3.60. The number of para-hydroxylation sites is 1. The minimum Gasteiger partial charge on any atom is -0.368 e. The monoisotopic (exact) mass is 441 g/mol. The maximum Gasteiger partial charge on any atom is 0.243 e. The number of carbonyl (C=O) groups is 1. The van der Waals surface area contributed by atoms with Crippen LogP contribution in [0.1, 0.15) is 24.0 Å². The number of sulfonamides is 1. The van der Waals surface area contributed by atoms with E-state index in [1.807, 2.05) is 49.1 Å². The van der Waals surface area contributed by atoms with Crippen LogP contribution in [0.15, 0.2) is 53.4 Å². The average molecular weight is 442 g/mol. The first-order valence-electron chi connectivity index (χ1n) is 11.0. The Balaban J connectivity index is 1.42. The summed E-state index contributed by atoms with van der Waals surface area (Å²) in [5.74, 6) is -0.175. The number of benzene rings is 2. The van der Waals surface area contributed by atoms with Crippen molar-refractivity contribution in [3.63, 3.8) is 0 Å². The molecule has 0 radical (unpaired) electrons. The number of rotatable bonds is 4. The van der Waals surface area contributed by atoms with Crippen LogP contribution in [0.3, 0.4) is 0 Å². The molecule has 2 saturated heterocycles. The van der Waals surface area contributed by atoms with Crippen LogP contribution in [0.2, 0.25) is 0 Å². The lowest BCUT2D eigenvalue weighted by atomic mass is 9.97. The summed E-state index contributed by atoms with van der Waals surface area (Å²) in [5.41, 5.74) is 2.85. The number of anilines is 1. The van der Waals surface area contributed by atoms with Gasteiger partial charge in [-0.05, 0) is 56.0 Å². The molecular formula is C24H31N3O3S. The summed E-state index contributed by atoms with van der Waals surface area (Å²) < 4.78 is 28.1. The van der Waals surface area contributed by atoms with Crippen LogP contribution in [-0.2, 0) is 14.8 Å². The van der Waals surface area contributed by atoms with Crippen LogP contribution >= 0.6 is 0 Å². The van der Waals surface area contributed by atoms with Crippen molar-refractivity contribution < 1.29 is 13.2 Å². The molecule has 7 heteroatoms. The molecule has 4 rings (SSSR count). The van der Waals surface area contributed by atoms with Crippen molar-refractivity contribution in [3.8, 4) is 0 Å². The van der Waals surface area contributed by atoms with Gasteiger partial charge in [-0.25, -0.2) is 8.42 Å². The highest BCUT2D eigenvalue weighted by molar-refractivity contribution is 7.89. The van der Waals surface area contributed by atoms with Crippen LogP contribution in [0, 0.1) is 19.8 Å². The molecule has 0 aromatic heterocycles. The van der Waals surface area contributed by atoms with E-state index in [-0.39, 0.29) is 18.4 Å². The fourth-order valence-corrected chi connectivity index (χ4v) is 6.40. The zero-order chi connectivity index (χ0) is 22.0. The number of amides is 1. The number of piperazine rings is 1. The smallest absolute Gasteiger partial charge is 0.243 e. The summed E-state index contributed by atoms with van der Waals surface area (Å²) in [6.45, 7) is 7.41. The van der Waals surface area contributed by atoms with Gasteiger partial charge in [0.15, 0.2) is 0 Å². The Morgan fingerprint density at radius 3 is 2.35 bits per heavy atom. The number of hydrogen-bond donors (Lipinski definition) is 0. The zero-order valence-electron chi connectivity index (χ0n) is 18.3. The summed E-state index contributed by atoms with van der Waals surface area (Å²) in [4.78, 5) is 17.8. The van der Waals surface area contributed by atoms with Crippen molar-refractivity contribution in [2.24, 2.45) is 5.92 Å². The summed E-state index contributed by atoms with van der Waals surface area (Å²) in [5, 5.41) is 0. The van der Waals surface area contributed by atoms with Crippen LogP contribution in [0.25, 0.3) is 0 Å². The van der Waals surface area contributed by atoms with Crippen LogP contribution < -0.4 is 4.90 Å². The second-order valence-corrected chi connectivity index (χ2v) is 10.5. The maximum absolute atomic E-state index is 13.3.